The van der Waals surface area contributed by atoms with Crippen molar-refractivity contribution in [1.29, 1.82) is 0 Å². The Labute approximate surface area is 128 Å². The van der Waals surface area contributed by atoms with Crippen molar-refractivity contribution in [3.8, 4) is 5.69 Å². The maximum atomic E-state index is 4.82. The van der Waals surface area contributed by atoms with E-state index in [-0.39, 0.29) is 0 Å². The monoisotopic (exact) mass is 285 g/mol. The van der Waals surface area contributed by atoms with Gasteiger partial charge in [0.05, 0.1) is 11.4 Å². The molecule has 0 saturated heterocycles. The van der Waals surface area contributed by atoms with Crippen LogP contribution in [0.4, 0.5) is 0 Å². The van der Waals surface area contributed by atoms with E-state index >= 15 is 0 Å². The Balaban J connectivity index is 2.59. The molecule has 0 amide bonds. The zero-order chi connectivity index (χ0) is 15.7. The molecule has 21 heavy (non-hydrogen) atoms. The number of nitrogens with zero attached hydrogens (tertiary/aromatic N) is 2. The molecule has 0 bridgehead atoms. The van der Waals surface area contributed by atoms with Crippen molar-refractivity contribution < 1.29 is 0 Å². The zero-order valence-electron chi connectivity index (χ0n) is 14.3. The topological polar surface area (TPSA) is 29.9 Å². The molecular formula is C18H27N3. The predicted molar refractivity (Wildman–Crippen MR) is 89.6 cm³/mol. The molecule has 0 saturated carbocycles. The van der Waals surface area contributed by atoms with E-state index in [0.29, 0.717) is 5.92 Å². The first-order chi connectivity index (χ1) is 9.86. The first-order valence-electron chi connectivity index (χ1n) is 7.65. The van der Waals surface area contributed by atoms with Gasteiger partial charge in [-0.1, -0.05) is 24.6 Å². The van der Waals surface area contributed by atoms with E-state index in [1.54, 1.807) is 0 Å². The van der Waals surface area contributed by atoms with Crippen LogP contribution in [0.3, 0.4) is 0 Å². The minimum Gasteiger partial charge on any atom is -0.319 e. The van der Waals surface area contributed by atoms with E-state index < -0.39 is 0 Å². The number of aromatic nitrogens is 2. The molecule has 0 aliphatic carbocycles. The molecule has 1 N–H and O–H groups in total. The molecule has 0 fully saturated rings. The molecule has 1 aromatic carbocycles. The largest absolute Gasteiger partial charge is 0.319 e. The van der Waals surface area contributed by atoms with Gasteiger partial charge in [0.2, 0.25) is 0 Å². The van der Waals surface area contributed by atoms with Crippen LogP contribution >= 0.6 is 0 Å². The molecule has 2 aromatic rings. The summed E-state index contributed by atoms with van der Waals surface area (Å²) < 4.78 is 2.13. The van der Waals surface area contributed by atoms with Crippen LogP contribution in [0.1, 0.15) is 46.5 Å². The number of likely N-dealkylation sites (N-methyl/N-ethyl adjacent to an activating group) is 1. The number of hydrogen-bond acceptors (Lipinski definition) is 2. The molecule has 1 heterocycles. The second-order valence-electron chi connectivity index (χ2n) is 6.20. The van der Waals surface area contributed by atoms with E-state index in [4.69, 9.17) is 5.10 Å². The SMILES string of the molecule is CNCC(C)c1c(C)nn(-c2c(C)cc(C)cc2C)c1C. The van der Waals surface area contributed by atoms with Crippen LogP contribution in [0, 0.1) is 34.6 Å². The second-order valence-corrected chi connectivity index (χ2v) is 6.20. The van der Waals surface area contributed by atoms with Gasteiger partial charge in [-0.3, -0.25) is 0 Å². The van der Waals surface area contributed by atoms with Crippen LogP contribution in [-0.2, 0) is 0 Å². The highest BCUT2D eigenvalue weighted by atomic mass is 15.3. The van der Waals surface area contributed by atoms with Crippen molar-refractivity contribution in [2.75, 3.05) is 13.6 Å². The van der Waals surface area contributed by atoms with Gasteiger partial charge < -0.3 is 5.32 Å². The normalized spacial score (nSPS) is 12.7. The van der Waals surface area contributed by atoms with Crippen LogP contribution in [-0.4, -0.2) is 23.4 Å². The first-order valence-corrected chi connectivity index (χ1v) is 7.65. The van der Waals surface area contributed by atoms with Gasteiger partial charge in [0.15, 0.2) is 0 Å². The zero-order valence-corrected chi connectivity index (χ0v) is 14.3. The van der Waals surface area contributed by atoms with Gasteiger partial charge >= 0.3 is 0 Å². The average molecular weight is 285 g/mol. The fourth-order valence-electron chi connectivity index (χ4n) is 3.50. The molecule has 0 aliphatic rings. The lowest BCUT2D eigenvalue weighted by Crippen LogP contribution is -2.16. The summed E-state index contributed by atoms with van der Waals surface area (Å²) >= 11 is 0. The second kappa shape index (κ2) is 6.02. The Kier molecular flexibility index (Phi) is 4.52. The molecule has 1 atom stereocenters. The Morgan fingerprint density at radius 2 is 1.67 bits per heavy atom. The average Bonchev–Trinajstić information content (AvgIpc) is 2.64. The van der Waals surface area contributed by atoms with Crippen LogP contribution in [0.15, 0.2) is 12.1 Å². The van der Waals surface area contributed by atoms with Gasteiger partial charge in [-0.05, 0) is 58.7 Å². The molecule has 0 aliphatic heterocycles. The molecule has 3 nitrogen and oxygen atoms in total. The predicted octanol–water partition coefficient (Wildman–Crippen LogP) is 3.74. The van der Waals surface area contributed by atoms with E-state index in [1.165, 1.54) is 33.6 Å². The minimum atomic E-state index is 0.467. The Morgan fingerprint density at radius 3 is 2.19 bits per heavy atom. The molecule has 114 valence electrons. The molecule has 3 heteroatoms. The van der Waals surface area contributed by atoms with Gasteiger partial charge in [-0.2, -0.15) is 5.10 Å². The first kappa shape index (κ1) is 15.8. The lowest BCUT2D eigenvalue weighted by atomic mass is 9.99. The summed E-state index contributed by atoms with van der Waals surface area (Å²) in [6, 6.07) is 4.46. The molecule has 0 radical (unpaired) electrons. The Hall–Kier alpha value is -1.61. The van der Waals surface area contributed by atoms with E-state index in [2.05, 4.69) is 63.7 Å². The summed E-state index contributed by atoms with van der Waals surface area (Å²) in [4.78, 5) is 0. The third-order valence-corrected chi connectivity index (χ3v) is 4.20. The van der Waals surface area contributed by atoms with Gasteiger partial charge in [0, 0.05) is 17.8 Å². The summed E-state index contributed by atoms with van der Waals surface area (Å²) in [5, 5.41) is 8.09. The number of rotatable bonds is 4. The van der Waals surface area contributed by atoms with Crippen molar-refractivity contribution in [1.82, 2.24) is 15.1 Å². The molecule has 1 aromatic heterocycles. The third-order valence-electron chi connectivity index (χ3n) is 4.20. The van der Waals surface area contributed by atoms with Crippen molar-refractivity contribution in [2.24, 2.45) is 0 Å². The van der Waals surface area contributed by atoms with Crippen LogP contribution in [0.5, 0.6) is 0 Å². The summed E-state index contributed by atoms with van der Waals surface area (Å²) in [5.74, 6) is 0.467. The van der Waals surface area contributed by atoms with Crippen molar-refractivity contribution in [2.45, 2.75) is 47.5 Å². The fraction of sp³-hybridized carbons (Fsp3) is 0.500. The number of hydrogen-bond donors (Lipinski definition) is 1. The van der Waals surface area contributed by atoms with Gasteiger partial charge in [-0.15, -0.1) is 0 Å². The maximum Gasteiger partial charge on any atom is 0.0707 e. The highest BCUT2D eigenvalue weighted by Crippen LogP contribution is 2.28. The van der Waals surface area contributed by atoms with Crippen LogP contribution in [0.2, 0.25) is 0 Å². The Bertz CT molecular complexity index is 630. The number of benzene rings is 1. The van der Waals surface area contributed by atoms with Crippen molar-refractivity contribution in [3.05, 3.63) is 45.8 Å². The summed E-state index contributed by atoms with van der Waals surface area (Å²) in [5.41, 5.74) is 8.85. The standard InChI is InChI=1S/C18H27N3/c1-11-8-12(2)18(13(3)9-11)21-16(6)17(15(5)20-21)14(4)10-19-7/h8-9,14,19H,10H2,1-7H3. The maximum absolute atomic E-state index is 4.82. The van der Waals surface area contributed by atoms with Crippen molar-refractivity contribution >= 4 is 0 Å². The van der Waals surface area contributed by atoms with E-state index in [1.807, 2.05) is 7.05 Å². The van der Waals surface area contributed by atoms with Gasteiger partial charge in [0.1, 0.15) is 0 Å². The molecular weight excluding hydrogens is 258 g/mol. The highest BCUT2D eigenvalue weighted by molar-refractivity contribution is 5.51. The van der Waals surface area contributed by atoms with E-state index in [9.17, 15) is 0 Å². The molecule has 1 unspecified atom stereocenters. The molecule has 2 rings (SSSR count). The summed E-state index contributed by atoms with van der Waals surface area (Å²) in [7, 11) is 2.00. The fourth-order valence-corrected chi connectivity index (χ4v) is 3.50. The summed E-state index contributed by atoms with van der Waals surface area (Å²) in [6.07, 6.45) is 0. The smallest absolute Gasteiger partial charge is 0.0707 e. The molecule has 0 spiro atoms. The van der Waals surface area contributed by atoms with Crippen LogP contribution < -0.4 is 5.32 Å². The number of aryl methyl sites for hydroxylation is 4. The minimum absolute atomic E-state index is 0.467. The van der Waals surface area contributed by atoms with Gasteiger partial charge in [0.25, 0.3) is 0 Å². The lowest BCUT2D eigenvalue weighted by molar-refractivity contribution is 0.670. The van der Waals surface area contributed by atoms with Crippen molar-refractivity contribution in [3.63, 3.8) is 0 Å². The summed E-state index contributed by atoms with van der Waals surface area (Å²) in [6.45, 7) is 14.0. The quantitative estimate of drug-likeness (QED) is 0.927. The van der Waals surface area contributed by atoms with E-state index in [0.717, 1.165) is 12.2 Å². The lowest BCUT2D eigenvalue weighted by Gasteiger charge is -2.15. The number of nitrogens with one attached hydrogen (secondary N) is 1. The van der Waals surface area contributed by atoms with Crippen LogP contribution in [0.25, 0.3) is 5.69 Å². The van der Waals surface area contributed by atoms with Gasteiger partial charge in [-0.25, -0.2) is 4.68 Å². The Morgan fingerprint density at radius 1 is 1.10 bits per heavy atom. The third kappa shape index (κ3) is 2.88. The highest BCUT2D eigenvalue weighted by Gasteiger charge is 2.19.